The molecule has 0 aromatic heterocycles. The van der Waals surface area contributed by atoms with Crippen molar-refractivity contribution in [3.05, 3.63) is 81.5 Å². The van der Waals surface area contributed by atoms with E-state index < -0.39 is 6.10 Å². The van der Waals surface area contributed by atoms with Crippen molar-refractivity contribution < 1.29 is 19.3 Å². The molecule has 1 aliphatic rings. The number of hydrogen-bond donors (Lipinski definition) is 1. The second-order valence-electron chi connectivity index (χ2n) is 7.58. The maximum absolute atomic E-state index is 13.1. The lowest BCUT2D eigenvalue weighted by Gasteiger charge is -2.19. The summed E-state index contributed by atoms with van der Waals surface area (Å²) in [6.45, 7) is 0. The van der Waals surface area contributed by atoms with Gasteiger partial charge in [-0.2, -0.15) is 0 Å². The molecule has 1 N–H and O–H groups in total. The molecule has 4 rings (SSSR count). The van der Waals surface area contributed by atoms with Gasteiger partial charge < -0.3 is 19.3 Å². The quantitative estimate of drug-likeness (QED) is 0.533. The molecule has 5 nitrogen and oxygen atoms in total. The van der Waals surface area contributed by atoms with Crippen molar-refractivity contribution in [2.45, 2.75) is 29.6 Å². The molecule has 32 heavy (non-hydrogen) atoms. The van der Waals surface area contributed by atoms with Gasteiger partial charge >= 0.3 is 0 Å². The Morgan fingerprint density at radius 3 is 2.41 bits per heavy atom. The summed E-state index contributed by atoms with van der Waals surface area (Å²) in [5, 5.41) is 10.9. The van der Waals surface area contributed by atoms with Gasteiger partial charge in [0.1, 0.15) is 0 Å². The molecule has 0 saturated carbocycles. The van der Waals surface area contributed by atoms with E-state index in [9.17, 15) is 9.90 Å². The Morgan fingerprint density at radius 1 is 0.969 bits per heavy atom. The van der Waals surface area contributed by atoms with Crippen LogP contribution in [0.2, 0.25) is 0 Å². The fraction of sp³-hybridized carbons (Fsp3) is 0.269. The summed E-state index contributed by atoms with van der Waals surface area (Å²) in [4.78, 5) is 13.7. The van der Waals surface area contributed by atoms with Gasteiger partial charge in [-0.1, -0.05) is 36.4 Å². The van der Waals surface area contributed by atoms with Crippen LogP contribution in [0, 0.1) is 0 Å². The highest BCUT2D eigenvalue weighted by Gasteiger charge is 2.28. The van der Waals surface area contributed by atoms with Gasteiger partial charge in [0, 0.05) is 11.3 Å². The van der Waals surface area contributed by atoms with Crippen LogP contribution in [0.15, 0.2) is 64.3 Å². The second kappa shape index (κ2) is 9.67. The molecule has 1 atom stereocenters. The Hall–Kier alpha value is -2.96. The highest BCUT2D eigenvalue weighted by Crippen LogP contribution is 2.50. The monoisotopic (exact) mass is 450 g/mol. The van der Waals surface area contributed by atoms with Gasteiger partial charge in [-0.25, -0.2) is 0 Å². The summed E-state index contributed by atoms with van der Waals surface area (Å²) < 4.78 is 16.8. The maximum Gasteiger partial charge on any atom is 0.203 e. The van der Waals surface area contributed by atoms with E-state index in [-0.39, 0.29) is 5.43 Å². The molecule has 0 radical (unpaired) electrons. The molecule has 0 saturated heterocycles. The van der Waals surface area contributed by atoms with E-state index in [2.05, 4.69) is 0 Å². The van der Waals surface area contributed by atoms with Crippen LogP contribution in [0.1, 0.15) is 29.2 Å². The molecule has 0 spiro atoms. The Morgan fingerprint density at radius 2 is 1.72 bits per heavy atom. The molecule has 166 valence electrons. The highest BCUT2D eigenvalue weighted by molar-refractivity contribution is 7.98. The molecule has 0 aliphatic heterocycles. The number of hydrogen-bond acceptors (Lipinski definition) is 6. The van der Waals surface area contributed by atoms with Crippen molar-refractivity contribution in [2.75, 3.05) is 21.3 Å². The highest BCUT2D eigenvalue weighted by atomic mass is 32.2. The molecule has 0 unspecified atom stereocenters. The van der Waals surface area contributed by atoms with Crippen LogP contribution in [-0.2, 0) is 12.2 Å². The lowest BCUT2D eigenvalue weighted by molar-refractivity contribution is 0.169. The fourth-order valence-corrected chi connectivity index (χ4v) is 5.01. The Balaban J connectivity index is 1.87. The van der Waals surface area contributed by atoms with E-state index in [4.69, 9.17) is 14.2 Å². The summed E-state index contributed by atoms with van der Waals surface area (Å²) in [7, 11) is 4.74. The van der Waals surface area contributed by atoms with E-state index in [1.165, 1.54) is 11.8 Å². The molecule has 0 heterocycles. The minimum atomic E-state index is -0.758. The summed E-state index contributed by atoms with van der Waals surface area (Å²) in [5.74, 6) is 2.29. The first-order valence-electron chi connectivity index (χ1n) is 10.4. The third kappa shape index (κ3) is 4.20. The molecule has 0 fully saturated rings. The average molecular weight is 451 g/mol. The Bertz CT molecular complexity index is 1180. The van der Waals surface area contributed by atoms with Crippen LogP contribution in [0.25, 0.3) is 11.1 Å². The summed E-state index contributed by atoms with van der Waals surface area (Å²) in [6, 6.07) is 17.3. The SMILES string of the molecule is COc1cc2c(c(OC)c1OC)-c1ccc(SCc3ccccc3)c(=O)cc1[C@@H](O)CC2. The van der Waals surface area contributed by atoms with Crippen LogP contribution in [0.4, 0.5) is 0 Å². The van der Waals surface area contributed by atoms with E-state index in [1.54, 1.807) is 27.4 Å². The number of benzene rings is 2. The fourth-order valence-electron chi connectivity index (χ4n) is 4.13. The number of aliphatic hydroxyl groups is 1. The lowest BCUT2D eigenvalue weighted by Crippen LogP contribution is -2.03. The van der Waals surface area contributed by atoms with Gasteiger partial charge in [-0.05, 0) is 53.3 Å². The standard InChI is InChI=1S/C26H26O5S/c1-29-22-13-17-9-11-20(27)19-14-21(28)23(32-15-16-7-5-4-6-8-16)12-10-18(19)24(17)26(31-3)25(22)30-2/h4-8,10,12-14,20,27H,9,11,15H2,1-3H3/t20-/m0/s1. The normalized spacial score (nSPS) is 14.7. The minimum absolute atomic E-state index is 0.103. The molecule has 0 amide bonds. The van der Waals surface area contributed by atoms with E-state index in [0.29, 0.717) is 46.3 Å². The van der Waals surface area contributed by atoms with E-state index in [0.717, 1.165) is 22.3 Å². The number of rotatable bonds is 6. The smallest absolute Gasteiger partial charge is 0.203 e. The van der Waals surface area contributed by atoms with Crippen LogP contribution in [-0.4, -0.2) is 26.4 Å². The van der Waals surface area contributed by atoms with Gasteiger partial charge in [0.15, 0.2) is 16.9 Å². The van der Waals surface area contributed by atoms with Crippen molar-refractivity contribution in [2.24, 2.45) is 0 Å². The predicted octanol–water partition coefficient (Wildman–Crippen LogP) is 5.01. The molecule has 6 heteroatoms. The third-order valence-corrected chi connectivity index (χ3v) is 6.83. The van der Waals surface area contributed by atoms with Crippen LogP contribution in [0.5, 0.6) is 17.2 Å². The molecule has 0 bridgehead atoms. The number of fused-ring (bicyclic) bond motifs is 3. The molecule has 3 aromatic rings. The van der Waals surface area contributed by atoms with Gasteiger partial charge in [0.25, 0.3) is 0 Å². The first kappa shape index (κ1) is 22.2. The summed E-state index contributed by atoms with van der Waals surface area (Å²) in [5.41, 5.74) is 4.22. The first-order chi connectivity index (χ1) is 15.6. The van der Waals surface area contributed by atoms with Crippen molar-refractivity contribution in [1.82, 2.24) is 0 Å². The summed E-state index contributed by atoms with van der Waals surface area (Å²) >= 11 is 1.49. The zero-order valence-corrected chi connectivity index (χ0v) is 19.2. The minimum Gasteiger partial charge on any atom is -0.493 e. The number of ether oxygens (including phenoxy) is 3. The van der Waals surface area contributed by atoms with Crippen molar-refractivity contribution in [3.63, 3.8) is 0 Å². The van der Waals surface area contributed by atoms with E-state index in [1.807, 2.05) is 48.5 Å². The number of thioether (sulfide) groups is 1. The number of aryl methyl sites for hydroxylation is 1. The Labute approximate surface area is 192 Å². The van der Waals surface area contributed by atoms with E-state index >= 15 is 0 Å². The zero-order valence-electron chi connectivity index (χ0n) is 18.4. The van der Waals surface area contributed by atoms with Crippen molar-refractivity contribution >= 4 is 11.8 Å². The van der Waals surface area contributed by atoms with Crippen LogP contribution >= 0.6 is 11.8 Å². The van der Waals surface area contributed by atoms with Gasteiger partial charge in [0.2, 0.25) is 5.75 Å². The molecular formula is C26H26O5S. The second-order valence-corrected chi connectivity index (χ2v) is 8.60. The molecule has 1 aliphatic carbocycles. The maximum atomic E-state index is 13.1. The number of methoxy groups -OCH3 is 3. The van der Waals surface area contributed by atoms with Gasteiger partial charge in [-0.3, -0.25) is 4.79 Å². The van der Waals surface area contributed by atoms with Gasteiger partial charge in [-0.15, -0.1) is 11.8 Å². The Kier molecular flexibility index (Phi) is 6.72. The van der Waals surface area contributed by atoms with Crippen LogP contribution < -0.4 is 19.6 Å². The van der Waals surface area contributed by atoms with Crippen molar-refractivity contribution in [1.29, 1.82) is 0 Å². The average Bonchev–Trinajstić information content (AvgIpc) is 3.06. The van der Waals surface area contributed by atoms with Crippen molar-refractivity contribution in [3.8, 4) is 28.4 Å². The van der Waals surface area contributed by atoms with Gasteiger partial charge in [0.05, 0.1) is 32.3 Å². The predicted molar refractivity (Wildman–Crippen MR) is 127 cm³/mol. The topological polar surface area (TPSA) is 65.0 Å². The molecular weight excluding hydrogens is 424 g/mol. The summed E-state index contributed by atoms with van der Waals surface area (Å²) in [6.07, 6.45) is 0.357. The largest absolute Gasteiger partial charge is 0.493 e. The third-order valence-electron chi connectivity index (χ3n) is 5.71. The molecule has 3 aromatic carbocycles. The zero-order chi connectivity index (χ0) is 22.7. The van der Waals surface area contributed by atoms with Crippen LogP contribution in [0.3, 0.4) is 0 Å². The number of aliphatic hydroxyl groups excluding tert-OH is 1. The lowest BCUT2D eigenvalue weighted by atomic mass is 9.96. The first-order valence-corrected chi connectivity index (χ1v) is 11.4.